The zero-order chi connectivity index (χ0) is 14.6. The maximum Gasteiger partial charge on any atom is 0.271 e. The summed E-state index contributed by atoms with van der Waals surface area (Å²) >= 11 is 0. The number of hydrogen-bond acceptors (Lipinski definition) is 4. The third kappa shape index (κ3) is 3.80. The summed E-state index contributed by atoms with van der Waals surface area (Å²) in [5.74, 6) is -0.0964. The average Bonchev–Trinajstić information content (AvgIpc) is 2.89. The Morgan fingerprint density at radius 1 is 1.50 bits per heavy atom. The van der Waals surface area contributed by atoms with Gasteiger partial charge in [-0.2, -0.15) is 0 Å². The van der Waals surface area contributed by atoms with E-state index < -0.39 is 0 Å². The second-order valence-electron chi connectivity index (χ2n) is 6.08. The van der Waals surface area contributed by atoms with Crippen LogP contribution in [0.5, 0.6) is 0 Å². The van der Waals surface area contributed by atoms with Crippen molar-refractivity contribution in [3.63, 3.8) is 0 Å². The first-order chi connectivity index (χ1) is 9.52. The van der Waals surface area contributed by atoms with E-state index in [9.17, 15) is 4.79 Å². The van der Waals surface area contributed by atoms with Gasteiger partial charge in [-0.25, -0.2) is 4.98 Å². The number of carbonyl (C=O) groups is 1. The van der Waals surface area contributed by atoms with Gasteiger partial charge in [0, 0.05) is 25.8 Å². The Kier molecular flexibility index (Phi) is 4.77. The summed E-state index contributed by atoms with van der Waals surface area (Å²) in [6.07, 6.45) is 5.63. The number of imidazole rings is 1. The Hall–Kier alpha value is -1.40. The van der Waals surface area contributed by atoms with Gasteiger partial charge in [0.15, 0.2) is 0 Å². The number of rotatable bonds is 5. The van der Waals surface area contributed by atoms with Gasteiger partial charge in [-0.3, -0.25) is 4.79 Å². The van der Waals surface area contributed by atoms with E-state index in [1.165, 1.54) is 0 Å². The number of piperidine rings is 1. The van der Waals surface area contributed by atoms with Crippen LogP contribution in [0.25, 0.3) is 0 Å². The zero-order valence-corrected chi connectivity index (χ0v) is 12.4. The normalized spacial score (nSPS) is 18.9. The largest absolute Gasteiger partial charge is 0.350 e. The first kappa shape index (κ1) is 15.0. The molecule has 0 saturated carbocycles. The van der Waals surface area contributed by atoms with Crippen LogP contribution in [-0.4, -0.2) is 53.6 Å². The van der Waals surface area contributed by atoms with Crippen LogP contribution in [0, 0.1) is 5.41 Å². The lowest BCUT2D eigenvalue weighted by Gasteiger charge is -2.37. The topological polar surface area (TPSA) is 76.2 Å². The molecule has 1 amide bonds. The molecule has 0 spiro atoms. The summed E-state index contributed by atoms with van der Waals surface area (Å²) in [5, 5.41) is 3.01. The molecule has 6 nitrogen and oxygen atoms in total. The quantitative estimate of drug-likeness (QED) is 0.813. The molecule has 2 rings (SSSR count). The Morgan fingerprint density at radius 3 is 2.85 bits per heavy atom. The zero-order valence-electron chi connectivity index (χ0n) is 12.4. The maximum atomic E-state index is 12.1. The van der Waals surface area contributed by atoms with Gasteiger partial charge >= 0.3 is 0 Å². The van der Waals surface area contributed by atoms with Crippen molar-refractivity contribution < 1.29 is 4.79 Å². The number of nitrogens with zero attached hydrogens (tertiary/aromatic N) is 3. The molecule has 1 aromatic heterocycles. The predicted octanol–water partition coefficient (Wildman–Crippen LogP) is 0.304. The molecule has 0 aromatic carbocycles. The van der Waals surface area contributed by atoms with Crippen molar-refractivity contribution in [3.05, 3.63) is 18.2 Å². The fourth-order valence-corrected chi connectivity index (χ4v) is 2.47. The lowest BCUT2D eigenvalue weighted by Crippen LogP contribution is -2.43. The van der Waals surface area contributed by atoms with Crippen LogP contribution in [0.15, 0.2) is 12.5 Å². The first-order valence-electron chi connectivity index (χ1n) is 7.21. The minimum Gasteiger partial charge on any atom is -0.350 e. The monoisotopic (exact) mass is 279 g/mol. The van der Waals surface area contributed by atoms with E-state index in [1.54, 1.807) is 12.5 Å². The smallest absolute Gasteiger partial charge is 0.271 e. The molecule has 3 N–H and O–H groups in total. The molecule has 2 heterocycles. The number of amides is 1. The third-order valence-corrected chi connectivity index (χ3v) is 4.12. The number of aromatic nitrogens is 2. The van der Waals surface area contributed by atoms with E-state index >= 15 is 0 Å². The molecule has 1 aliphatic heterocycles. The molecule has 0 bridgehead atoms. The van der Waals surface area contributed by atoms with Crippen LogP contribution < -0.4 is 11.1 Å². The van der Waals surface area contributed by atoms with E-state index in [0.717, 1.165) is 25.9 Å². The van der Waals surface area contributed by atoms with Crippen molar-refractivity contribution in [2.24, 2.45) is 11.1 Å². The summed E-state index contributed by atoms with van der Waals surface area (Å²) in [7, 11) is 2.14. The summed E-state index contributed by atoms with van der Waals surface area (Å²) in [6, 6.07) is 0. The molecule has 0 unspecified atom stereocenters. The van der Waals surface area contributed by atoms with Crippen molar-refractivity contribution >= 4 is 5.91 Å². The van der Waals surface area contributed by atoms with E-state index in [1.807, 2.05) is 4.57 Å². The third-order valence-electron chi connectivity index (χ3n) is 4.12. The van der Waals surface area contributed by atoms with Gasteiger partial charge < -0.3 is 20.5 Å². The number of nitrogens with one attached hydrogen (secondary N) is 1. The molecule has 6 heteroatoms. The highest BCUT2D eigenvalue weighted by atomic mass is 16.1. The average molecular weight is 279 g/mol. The number of hydrogen-bond donors (Lipinski definition) is 2. The molecule has 0 aliphatic carbocycles. The molecule has 1 aromatic rings. The van der Waals surface area contributed by atoms with Crippen molar-refractivity contribution in [2.45, 2.75) is 26.3 Å². The molecule has 1 saturated heterocycles. The highest BCUT2D eigenvalue weighted by Gasteiger charge is 2.29. The number of nitrogens with two attached hydrogens (primary N) is 1. The van der Waals surface area contributed by atoms with Crippen LogP contribution in [0.3, 0.4) is 0 Å². The predicted molar refractivity (Wildman–Crippen MR) is 78.5 cm³/mol. The molecule has 0 radical (unpaired) electrons. The van der Waals surface area contributed by atoms with E-state index in [-0.39, 0.29) is 11.3 Å². The van der Waals surface area contributed by atoms with Gasteiger partial charge in [0.05, 0.1) is 6.33 Å². The highest BCUT2D eigenvalue weighted by Crippen LogP contribution is 2.29. The summed E-state index contributed by atoms with van der Waals surface area (Å²) in [5.41, 5.74) is 6.14. The van der Waals surface area contributed by atoms with Gasteiger partial charge in [0.1, 0.15) is 5.69 Å². The van der Waals surface area contributed by atoms with E-state index in [2.05, 4.69) is 29.2 Å². The fraction of sp³-hybridized carbons (Fsp3) is 0.714. The Bertz CT molecular complexity index is 448. The second-order valence-corrected chi connectivity index (χ2v) is 6.08. The standard InChI is InChI=1S/C14H25N5O/c1-14(3-6-18(2)7-4-14)10-16-13(20)12-9-19(8-5-15)11-17-12/h9,11H,3-8,10,15H2,1-2H3,(H,16,20). The van der Waals surface area contributed by atoms with Crippen LogP contribution in [0.1, 0.15) is 30.3 Å². The van der Waals surface area contributed by atoms with Crippen molar-refractivity contribution in [3.8, 4) is 0 Å². The number of carbonyl (C=O) groups excluding carboxylic acids is 1. The Morgan fingerprint density at radius 2 is 2.20 bits per heavy atom. The lowest BCUT2D eigenvalue weighted by atomic mass is 9.80. The van der Waals surface area contributed by atoms with Crippen molar-refractivity contribution in [1.29, 1.82) is 0 Å². The van der Waals surface area contributed by atoms with Gasteiger partial charge in [-0.05, 0) is 38.4 Å². The molecule has 0 atom stereocenters. The van der Waals surface area contributed by atoms with Crippen LogP contribution >= 0.6 is 0 Å². The second kappa shape index (κ2) is 6.37. The number of likely N-dealkylation sites (tertiary alicyclic amines) is 1. The van der Waals surface area contributed by atoms with Crippen LogP contribution in [-0.2, 0) is 6.54 Å². The Labute approximate surface area is 120 Å². The molecule has 1 aliphatic rings. The first-order valence-corrected chi connectivity index (χ1v) is 7.21. The lowest BCUT2D eigenvalue weighted by molar-refractivity contribution is 0.0887. The minimum atomic E-state index is -0.0964. The summed E-state index contributed by atoms with van der Waals surface area (Å²) in [6.45, 7) is 6.37. The SMILES string of the molecule is CN1CCC(C)(CNC(=O)c2cn(CCN)cn2)CC1. The highest BCUT2D eigenvalue weighted by molar-refractivity contribution is 5.92. The van der Waals surface area contributed by atoms with Gasteiger partial charge in [-0.1, -0.05) is 6.92 Å². The molecule has 20 heavy (non-hydrogen) atoms. The van der Waals surface area contributed by atoms with Gasteiger partial charge in [0.25, 0.3) is 5.91 Å². The van der Waals surface area contributed by atoms with E-state index in [0.29, 0.717) is 25.3 Å². The molecule has 1 fully saturated rings. The molecule has 112 valence electrons. The summed E-state index contributed by atoms with van der Waals surface area (Å²) in [4.78, 5) is 18.5. The van der Waals surface area contributed by atoms with Gasteiger partial charge in [0.2, 0.25) is 0 Å². The maximum absolute atomic E-state index is 12.1. The van der Waals surface area contributed by atoms with Crippen LogP contribution in [0.4, 0.5) is 0 Å². The van der Waals surface area contributed by atoms with Crippen LogP contribution in [0.2, 0.25) is 0 Å². The molecular formula is C14H25N5O. The summed E-state index contributed by atoms with van der Waals surface area (Å²) < 4.78 is 1.84. The minimum absolute atomic E-state index is 0.0964. The molecular weight excluding hydrogens is 254 g/mol. The fourth-order valence-electron chi connectivity index (χ4n) is 2.47. The van der Waals surface area contributed by atoms with Crippen molar-refractivity contribution in [2.75, 3.05) is 33.2 Å². The van der Waals surface area contributed by atoms with Gasteiger partial charge in [-0.15, -0.1) is 0 Å². The Balaban J connectivity index is 1.85. The van der Waals surface area contributed by atoms with Crippen molar-refractivity contribution in [1.82, 2.24) is 19.8 Å². The van der Waals surface area contributed by atoms with E-state index in [4.69, 9.17) is 5.73 Å².